The molecule has 3 saturated carbocycles. The number of rotatable bonds is 3. The van der Waals surface area contributed by atoms with E-state index >= 15 is 0 Å². The molecule has 3 fully saturated rings. The standard InChI is InChI=1S/2C6H10F2.C6H11F/c1-4(2)5-3-6(5,7)8;1-3(2)4-5(7)6(4)8;1-5(2)6(7)3-4-6/h4-5H,3H2,1-2H3;3-6H,1-2H3;5H,3-4H2,1-2H3. The first-order chi connectivity index (χ1) is 10.3. The summed E-state index contributed by atoms with van der Waals surface area (Å²) in [5.41, 5.74) is -0.750. The highest BCUT2D eigenvalue weighted by Crippen LogP contribution is 2.52. The van der Waals surface area contributed by atoms with E-state index in [0.717, 1.165) is 12.8 Å². The summed E-state index contributed by atoms with van der Waals surface area (Å²) in [7, 11) is 0. The molecule has 0 bridgehead atoms. The summed E-state index contributed by atoms with van der Waals surface area (Å²) in [5, 5.41) is 0. The van der Waals surface area contributed by atoms with Crippen molar-refractivity contribution in [3.8, 4) is 0 Å². The summed E-state index contributed by atoms with van der Waals surface area (Å²) in [6, 6.07) is 0. The summed E-state index contributed by atoms with van der Waals surface area (Å²) >= 11 is 0. The topological polar surface area (TPSA) is 0 Å². The van der Waals surface area contributed by atoms with Crippen molar-refractivity contribution in [3.63, 3.8) is 0 Å². The van der Waals surface area contributed by atoms with Crippen molar-refractivity contribution in [1.82, 2.24) is 0 Å². The van der Waals surface area contributed by atoms with Crippen LogP contribution in [0.15, 0.2) is 0 Å². The van der Waals surface area contributed by atoms with E-state index < -0.39 is 23.9 Å². The van der Waals surface area contributed by atoms with Gasteiger partial charge in [-0.05, 0) is 30.6 Å². The largest absolute Gasteiger partial charge is 0.251 e. The van der Waals surface area contributed by atoms with Crippen LogP contribution in [-0.4, -0.2) is 23.9 Å². The minimum absolute atomic E-state index is 0.116. The molecule has 3 unspecified atom stereocenters. The van der Waals surface area contributed by atoms with Gasteiger partial charge < -0.3 is 0 Å². The van der Waals surface area contributed by atoms with Crippen molar-refractivity contribution in [2.24, 2.45) is 29.6 Å². The molecule has 23 heavy (non-hydrogen) atoms. The molecule has 138 valence electrons. The molecule has 3 aliphatic carbocycles. The Morgan fingerprint density at radius 1 is 0.783 bits per heavy atom. The highest BCUT2D eigenvalue weighted by molar-refractivity contribution is 5.00. The van der Waals surface area contributed by atoms with E-state index in [-0.39, 0.29) is 36.0 Å². The van der Waals surface area contributed by atoms with Crippen LogP contribution in [0.2, 0.25) is 0 Å². The van der Waals surface area contributed by atoms with Crippen LogP contribution in [0.25, 0.3) is 0 Å². The van der Waals surface area contributed by atoms with Gasteiger partial charge in [-0.1, -0.05) is 41.5 Å². The molecule has 5 heteroatoms. The van der Waals surface area contributed by atoms with Crippen LogP contribution in [0.1, 0.15) is 60.8 Å². The van der Waals surface area contributed by atoms with Crippen LogP contribution in [0.3, 0.4) is 0 Å². The van der Waals surface area contributed by atoms with Crippen LogP contribution in [0.4, 0.5) is 22.0 Å². The summed E-state index contributed by atoms with van der Waals surface area (Å²) in [5.74, 6) is -2.36. The highest BCUT2D eigenvalue weighted by atomic mass is 19.3. The van der Waals surface area contributed by atoms with Crippen molar-refractivity contribution in [1.29, 1.82) is 0 Å². The Labute approximate surface area is 137 Å². The lowest BCUT2D eigenvalue weighted by molar-refractivity contribution is 0.0889. The van der Waals surface area contributed by atoms with Gasteiger partial charge in [0.2, 0.25) is 0 Å². The van der Waals surface area contributed by atoms with Gasteiger partial charge in [-0.15, -0.1) is 0 Å². The molecule has 0 nitrogen and oxygen atoms in total. The van der Waals surface area contributed by atoms with Gasteiger partial charge in [-0.2, -0.15) is 0 Å². The molecule has 3 atom stereocenters. The van der Waals surface area contributed by atoms with Gasteiger partial charge in [0.1, 0.15) is 18.0 Å². The summed E-state index contributed by atoms with van der Waals surface area (Å²) < 4.78 is 60.8. The first-order valence-corrected chi connectivity index (χ1v) is 8.68. The predicted octanol–water partition coefficient (Wildman–Crippen LogP) is 6.39. The molecule has 0 aromatic heterocycles. The van der Waals surface area contributed by atoms with E-state index in [9.17, 15) is 22.0 Å². The van der Waals surface area contributed by atoms with Gasteiger partial charge in [0.05, 0.1) is 0 Å². The van der Waals surface area contributed by atoms with Crippen LogP contribution >= 0.6 is 0 Å². The molecule has 0 radical (unpaired) electrons. The van der Waals surface area contributed by atoms with Gasteiger partial charge in [0, 0.05) is 18.3 Å². The fraction of sp³-hybridized carbons (Fsp3) is 1.00. The predicted molar refractivity (Wildman–Crippen MR) is 83.9 cm³/mol. The quantitative estimate of drug-likeness (QED) is 0.521. The average molecular weight is 342 g/mol. The molecule has 0 aliphatic heterocycles. The zero-order valence-corrected chi connectivity index (χ0v) is 15.1. The van der Waals surface area contributed by atoms with E-state index in [1.807, 2.05) is 41.5 Å². The average Bonchev–Trinajstić information content (AvgIpc) is 3.32. The second kappa shape index (κ2) is 7.26. The molecular formula is C18H31F5. The zero-order valence-electron chi connectivity index (χ0n) is 15.1. The maximum atomic E-state index is 12.6. The zero-order chi connectivity index (χ0) is 18.2. The molecule has 0 N–H and O–H groups in total. The molecule has 0 spiro atoms. The van der Waals surface area contributed by atoms with E-state index in [2.05, 4.69) is 0 Å². The maximum Gasteiger partial charge on any atom is 0.251 e. The summed E-state index contributed by atoms with van der Waals surface area (Å²) in [6.45, 7) is 11.2. The second-order valence-corrected chi connectivity index (χ2v) is 8.22. The lowest BCUT2D eigenvalue weighted by Gasteiger charge is -2.06. The van der Waals surface area contributed by atoms with Crippen molar-refractivity contribution in [3.05, 3.63) is 0 Å². The van der Waals surface area contributed by atoms with Gasteiger partial charge in [0.25, 0.3) is 5.92 Å². The molecule has 0 saturated heterocycles. The van der Waals surface area contributed by atoms with Crippen molar-refractivity contribution < 1.29 is 22.0 Å². The fourth-order valence-electron chi connectivity index (χ4n) is 2.65. The Kier molecular flexibility index (Phi) is 6.54. The third-order valence-corrected chi connectivity index (χ3v) is 5.11. The molecule has 0 heterocycles. The van der Waals surface area contributed by atoms with Gasteiger partial charge in [-0.3, -0.25) is 0 Å². The van der Waals surface area contributed by atoms with Crippen molar-refractivity contribution in [2.45, 2.75) is 84.7 Å². The fourth-order valence-corrected chi connectivity index (χ4v) is 2.65. The van der Waals surface area contributed by atoms with Crippen molar-refractivity contribution in [2.75, 3.05) is 0 Å². The number of halogens is 5. The third kappa shape index (κ3) is 5.90. The van der Waals surface area contributed by atoms with E-state index in [1.165, 1.54) is 0 Å². The first-order valence-electron chi connectivity index (χ1n) is 8.68. The molecule has 0 aromatic rings. The Morgan fingerprint density at radius 2 is 1.17 bits per heavy atom. The highest BCUT2D eigenvalue weighted by Gasteiger charge is 2.57. The van der Waals surface area contributed by atoms with E-state index in [4.69, 9.17) is 0 Å². The molecule has 3 aliphatic rings. The Hall–Kier alpha value is -0.350. The first kappa shape index (κ1) is 20.7. The summed E-state index contributed by atoms with van der Waals surface area (Å²) in [6.07, 6.45) is -0.606. The maximum absolute atomic E-state index is 12.6. The smallest absolute Gasteiger partial charge is 0.244 e. The van der Waals surface area contributed by atoms with E-state index in [0.29, 0.717) is 0 Å². The lowest BCUT2D eigenvalue weighted by Crippen LogP contribution is -2.08. The van der Waals surface area contributed by atoms with Crippen LogP contribution in [0.5, 0.6) is 0 Å². The lowest BCUT2D eigenvalue weighted by atomic mass is 10.1. The second-order valence-electron chi connectivity index (χ2n) is 8.22. The minimum Gasteiger partial charge on any atom is -0.244 e. The Morgan fingerprint density at radius 3 is 1.17 bits per heavy atom. The van der Waals surface area contributed by atoms with Gasteiger partial charge >= 0.3 is 0 Å². The third-order valence-electron chi connectivity index (χ3n) is 5.11. The monoisotopic (exact) mass is 342 g/mol. The number of alkyl halides is 5. The Bertz CT molecular complexity index is 351. The van der Waals surface area contributed by atoms with Crippen LogP contribution in [0, 0.1) is 29.6 Å². The van der Waals surface area contributed by atoms with Crippen LogP contribution in [-0.2, 0) is 0 Å². The normalized spacial score (nSPS) is 35.2. The molecule has 0 aromatic carbocycles. The molecular weight excluding hydrogens is 311 g/mol. The minimum atomic E-state index is -2.31. The molecule has 3 rings (SSSR count). The Balaban J connectivity index is 0.000000173. The van der Waals surface area contributed by atoms with Crippen molar-refractivity contribution >= 4 is 0 Å². The van der Waals surface area contributed by atoms with Crippen LogP contribution < -0.4 is 0 Å². The van der Waals surface area contributed by atoms with Gasteiger partial charge in [0.15, 0.2) is 0 Å². The van der Waals surface area contributed by atoms with E-state index in [1.54, 1.807) is 0 Å². The summed E-state index contributed by atoms with van der Waals surface area (Å²) in [4.78, 5) is 0. The number of hydrogen-bond acceptors (Lipinski definition) is 0. The number of hydrogen-bond donors (Lipinski definition) is 0. The molecule has 0 amide bonds. The van der Waals surface area contributed by atoms with Gasteiger partial charge in [-0.25, -0.2) is 22.0 Å². The SMILES string of the molecule is CC(C)C1(F)CC1.CC(C)C1C(F)C1F.CC(C)C1CC1(F)F.